The van der Waals surface area contributed by atoms with Gasteiger partial charge in [0.25, 0.3) is 0 Å². The molecule has 0 radical (unpaired) electrons. The molecular weight excluding hydrogens is 296 g/mol. The van der Waals surface area contributed by atoms with Gasteiger partial charge in [0, 0.05) is 11.8 Å². The fourth-order valence-electron chi connectivity index (χ4n) is 1.66. The highest BCUT2D eigenvalue weighted by atomic mass is 32.2. The summed E-state index contributed by atoms with van der Waals surface area (Å²) in [4.78, 5) is 11.6. The number of amides is 1. The van der Waals surface area contributed by atoms with E-state index in [1.54, 1.807) is 18.2 Å². The van der Waals surface area contributed by atoms with E-state index in [-0.39, 0.29) is 17.3 Å². The number of nitrogens with one attached hydrogen (secondary N) is 1. The van der Waals surface area contributed by atoms with Crippen LogP contribution in [0.3, 0.4) is 0 Å². The highest BCUT2D eigenvalue weighted by Crippen LogP contribution is 2.18. The van der Waals surface area contributed by atoms with E-state index < -0.39 is 15.7 Å². The molecule has 0 aliphatic rings. The number of hydrogen-bond donors (Lipinski definition) is 2. The number of nitrogens with two attached hydrogens (primary N) is 1. The molecule has 0 aliphatic heterocycles. The van der Waals surface area contributed by atoms with Crippen molar-refractivity contribution in [3.63, 3.8) is 0 Å². The molecule has 7 nitrogen and oxygen atoms in total. The van der Waals surface area contributed by atoms with E-state index in [1.165, 1.54) is 18.4 Å². The Balaban J connectivity index is 2.07. The number of carbonyl (C=O) groups excluding carboxylic acids is 1. The van der Waals surface area contributed by atoms with Crippen LogP contribution in [-0.2, 0) is 16.4 Å². The Bertz CT molecular complexity index is 734. The monoisotopic (exact) mass is 310 g/mol. The molecule has 0 fully saturated rings. The van der Waals surface area contributed by atoms with E-state index in [0.29, 0.717) is 11.3 Å². The van der Waals surface area contributed by atoms with Crippen LogP contribution in [0.15, 0.2) is 45.9 Å². The molecule has 2 rings (SSSR count). The summed E-state index contributed by atoms with van der Waals surface area (Å²) in [5.74, 6) is 5.04. The first-order valence-corrected chi connectivity index (χ1v) is 7.81. The van der Waals surface area contributed by atoms with E-state index >= 15 is 0 Å². The molecule has 112 valence electrons. The minimum absolute atomic E-state index is 0.0743. The lowest BCUT2D eigenvalue weighted by Gasteiger charge is -2.06. The SMILES string of the molecule is CS(=O)(=O)c1ccc(OCc2ccoc2C(=O)NN)cc1. The maximum atomic E-state index is 11.4. The number of nitrogen functional groups attached to an aromatic ring is 1. The molecule has 2 aromatic rings. The van der Waals surface area contributed by atoms with E-state index in [9.17, 15) is 13.2 Å². The highest BCUT2D eigenvalue weighted by molar-refractivity contribution is 7.90. The minimum Gasteiger partial charge on any atom is -0.489 e. The molecule has 1 heterocycles. The second-order valence-electron chi connectivity index (χ2n) is 4.28. The second kappa shape index (κ2) is 5.98. The summed E-state index contributed by atoms with van der Waals surface area (Å²) in [5.41, 5.74) is 2.51. The second-order valence-corrected chi connectivity index (χ2v) is 6.30. The first kappa shape index (κ1) is 15.1. The lowest BCUT2D eigenvalue weighted by Crippen LogP contribution is -2.30. The molecule has 3 N–H and O–H groups in total. The number of ether oxygens (including phenoxy) is 1. The van der Waals surface area contributed by atoms with Gasteiger partial charge in [-0.15, -0.1) is 0 Å². The number of furan rings is 1. The molecule has 0 saturated carbocycles. The Labute approximate surface area is 121 Å². The van der Waals surface area contributed by atoms with Gasteiger partial charge >= 0.3 is 5.91 Å². The smallest absolute Gasteiger partial charge is 0.301 e. The van der Waals surface area contributed by atoms with Crippen molar-refractivity contribution in [1.29, 1.82) is 0 Å². The van der Waals surface area contributed by atoms with E-state index in [1.807, 2.05) is 5.43 Å². The summed E-state index contributed by atoms with van der Waals surface area (Å²) in [7, 11) is -3.24. The fourth-order valence-corrected chi connectivity index (χ4v) is 2.29. The third-order valence-corrected chi connectivity index (χ3v) is 3.86. The van der Waals surface area contributed by atoms with Gasteiger partial charge in [0.2, 0.25) is 0 Å². The van der Waals surface area contributed by atoms with Crippen molar-refractivity contribution in [2.24, 2.45) is 5.84 Å². The molecule has 1 amide bonds. The van der Waals surface area contributed by atoms with Crippen LogP contribution in [0.25, 0.3) is 0 Å². The van der Waals surface area contributed by atoms with Gasteiger partial charge < -0.3 is 9.15 Å². The fraction of sp³-hybridized carbons (Fsp3) is 0.154. The van der Waals surface area contributed by atoms with E-state index in [4.69, 9.17) is 15.0 Å². The highest BCUT2D eigenvalue weighted by Gasteiger charge is 2.14. The molecule has 8 heteroatoms. The van der Waals surface area contributed by atoms with Gasteiger partial charge in [-0.05, 0) is 30.3 Å². The van der Waals surface area contributed by atoms with Gasteiger partial charge in [-0.2, -0.15) is 0 Å². The summed E-state index contributed by atoms with van der Waals surface area (Å²) in [6.07, 6.45) is 2.49. The Morgan fingerprint density at radius 1 is 1.29 bits per heavy atom. The zero-order chi connectivity index (χ0) is 15.5. The molecule has 1 aromatic carbocycles. The summed E-state index contributed by atoms with van der Waals surface area (Å²) < 4.78 is 33.2. The zero-order valence-electron chi connectivity index (χ0n) is 11.2. The van der Waals surface area contributed by atoms with Crippen LogP contribution in [0.2, 0.25) is 0 Å². The van der Waals surface area contributed by atoms with Crippen molar-refractivity contribution in [3.05, 3.63) is 47.9 Å². The Hall–Kier alpha value is -2.32. The van der Waals surface area contributed by atoms with Crippen LogP contribution in [0.5, 0.6) is 5.75 Å². The van der Waals surface area contributed by atoms with Crippen LogP contribution < -0.4 is 16.0 Å². The number of carbonyl (C=O) groups is 1. The summed E-state index contributed by atoms with van der Waals surface area (Å²) >= 11 is 0. The predicted molar refractivity (Wildman–Crippen MR) is 74.2 cm³/mol. The van der Waals surface area contributed by atoms with Gasteiger partial charge in [-0.25, -0.2) is 14.3 Å². The van der Waals surface area contributed by atoms with Crippen LogP contribution >= 0.6 is 0 Å². The van der Waals surface area contributed by atoms with Gasteiger partial charge in [0.1, 0.15) is 12.4 Å². The molecule has 0 saturated heterocycles. The largest absolute Gasteiger partial charge is 0.489 e. The molecule has 0 spiro atoms. The molecule has 0 bridgehead atoms. The van der Waals surface area contributed by atoms with Gasteiger partial charge in [0.05, 0.1) is 11.2 Å². The molecule has 0 aliphatic carbocycles. The van der Waals surface area contributed by atoms with Gasteiger partial charge in [-0.1, -0.05) is 0 Å². The average molecular weight is 310 g/mol. The topological polar surface area (TPSA) is 112 Å². The van der Waals surface area contributed by atoms with Crippen molar-refractivity contribution >= 4 is 15.7 Å². The summed E-state index contributed by atoms with van der Waals surface area (Å²) in [6, 6.07) is 7.58. The van der Waals surface area contributed by atoms with Crippen LogP contribution in [-0.4, -0.2) is 20.6 Å². The third kappa shape index (κ3) is 3.61. The van der Waals surface area contributed by atoms with Crippen molar-refractivity contribution in [1.82, 2.24) is 5.43 Å². The predicted octanol–water partition coefficient (Wildman–Crippen LogP) is 0.866. The van der Waals surface area contributed by atoms with Crippen LogP contribution in [0, 0.1) is 0 Å². The standard InChI is InChI=1S/C13H14N2O5S/c1-21(17,18)11-4-2-10(3-5-11)20-8-9-6-7-19-12(9)13(16)15-14/h2-7H,8,14H2,1H3,(H,15,16). The van der Waals surface area contributed by atoms with E-state index in [0.717, 1.165) is 6.26 Å². The number of hydrazine groups is 1. The summed E-state index contributed by atoms with van der Waals surface area (Å²) in [5, 5.41) is 0. The Morgan fingerprint density at radius 3 is 2.52 bits per heavy atom. The maximum absolute atomic E-state index is 11.4. The van der Waals surface area contributed by atoms with Crippen LogP contribution in [0.1, 0.15) is 16.1 Å². The van der Waals surface area contributed by atoms with Crippen molar-refractivity contribution in [3.8, 4) is 5.75 Å². The minimum atomic E-state index is -3.24. The van der Waals surface area contributed by atoms with Gasteiger partial charge in [-0.3, -0.25) is 10.2 Å². The Morgan fingerprint density at radius 2 is 1.95 bits per heavy atom. The van der Waals surface area contributed by atoms with Crippen LogP contribution in [0.4, 0.5) is 0 Å². The molecule has 0 unspecified atom stereocenters. The van der Waals surface area contributed by atoms with Crippen molar-refractivity contribution in [2.75, 3.05) is 6.26 Å². The number of rotatable bonds is 5. The lowest BCUT2D eigenvalue weighted by molar-refractivity contribution is 0.0922. The molecule has 0 atom stereocenters. The number of benzene rings is 1. The maximum Gasteiger partial charge on any atom is 0.301 e. The van der Waals surface area contributed by atoms with Gasteiger partial charge in [0.15, 0.2) is 15.6 Å². The average Bonchev–Trinajstić information content (AvgIpc) is 2.92. The Kier molecular flexibility index (Phi) is 4.29. The normalized spacial score (nSPS) is 11.1. The molecular formula is C13H14N2O5S. The molecule has 1 aromatic heterocycles. The first-order valence-electron chi connectivity index (χ1n) is 5.92. The van der Waals surface area contributed by atoms with Crippen molar-refractivity contribution < 1.29 is 22.4 Å². The first-order chi connectivity index (χ1) is 9.91. The van der Waals surface area contributed by atoms with Crippen molar-refractivity contribution in [2.45, 2.75) is 11.5 Å². The molecule has 21 heavy (non-hydrogen) atoms. The lowest BCUT2D eigenvalue weighted by atomic mass is 10.2. The van der Waals surface area contributed by atoms with E-state index in [2.05, 4.69) is 0 Å². The quantitative estimate of drug-likeness (QED) is 0.481. The third-order valence-electron chi connectivity index (χ3n) is 2.73. The zero-order valence-corrected chi connectivity index (χ0v) is 12.0. The summed E-state index contributed by atoms with van der Waals surface area (Å²) in [6.45, 7) is 0.0947. The number of sulfone groups is 1. The number of hydrogen-bond acceptors (Lipinski definition) is 6.